The topological polar surface area (TPSA) is 64.7 Å². The van der Waals surface area contributed by atoms with Crippen LogP contribution in [0.15, 0.2) is 42.9 Å². The largest absolute Gasteiger partial charge is 0.307 e. The van der Waals surface area contributed by atoms with Gasteiger partial charge in [-0.05, 0) is 18.6 Å². The molecule has 9 heteroatoms. The van der Waals surface area contributed by atoms with Gasteiger partial charge in [0.15, 0.2) is 5.82 Å². The zero-order valence-electron chi connectivity index (χ0n) is 13.9. The molecule has 3 aromatic rings. The van der Waals surface area contributed by atoms with Crippen LogP contribution in [-0.4, -0.2) is 25.5 Å². The molecule has 26 heavy (non-hydrogen) atoms. The number of amides is 1. The minimum atomic E-state index is -0.467. The highest BCUT2D eigenvalue weighted by atomic mass is 35.5. The zero-order valence-corrected chi connectivity index (χ0v) is 16.1. The molecule has 0 aliphatic rings. The van der Waals surface area contributed by atoms with Crippen LogP contribution in [0, 0.1) is 0 Å². The molecule has 0 aliphatic heterocycles. The Morgan fingerprint density at radius 1 is 1.23 bits per heavy atom. The third kappa shape index (κ3) is 4.20. The van der Waals surface area contributed by atoms with Crippen molar-refractivity contribution in [1.29, 1.82) is 0 Å². The average Bonchev–Trinajstić information content (AvgIpc) is 3.21. The number of hydrogen-bond acceptors (Lipinski definition) is 3. The second-order valence-electron chi connectivity index (χ2n) is 5.65. The second kappa shape index (κ2) is 8.12. The molecule has 2 heterocycles. The van der Waals surface area contributed by atoms with Crippen molar-refractivity contribution < 1.29 is 4.79 Å². The summed E-state index contributed by atoms with van der Waals surface area (Å²) in [7, 11) is 0. The molecule has 2 aromatic heterocycles. The summed E-state index contributed by atoms with van der Waals surface area (Å²) in [5.41, 5.74) is 0.773. The van der Waals surface area contributed by atoms with Crippen LogP contribution >= 0.6 is 34.8 Å². The first-order valence-electron chi connectivity index (χ1n) is 7.94. The van der Waals surface area contributed by atoms with Crippen molar-refractivity contribution in [2.24, 2.45) is 0 Å². The van der Waals surface area contributed by atoms with Gasteiger partial charge in [0.25, 0.3) is 0 Å². The van der Waals surface area contributed by atoms with Crippen molar-refractivity contribution in [2.75, 3.05) is 5.32 Å². The first-order chi connectivity index (χ1) is 12.5. The number of nitrogens with one attached hydrogen (secondary N) is 1. The molecule has 1 unspecified atom stereocenters. The predicted octanol–water partition coefficient (Wildman–Crippen LogP) is 4.68. The Bertz CT molecular complexity index is 901. The number of rotatable bonds is 6. The van der Waals surface area contributed by atoms with E-state index < -0.39 is 6.04 Å². The van der Waals surface area contributed by atoms with Crippen LogP contribution in [0.1, 0.15) is 24.9 Å². The van der Waals surface area contributed by atoms with Crippen LogP contribution in [0.2, 0.25) is 15.1 Å². The molecule has 1 atom stereocenters. The van der Waals surface area contributed by atoms with E-state index in [1.807, 2.05) is 6.92 Å². The van der Waals surface area contributed by atoms with Gasteiger partial charge in [0.1, 0.15) is 6.04 Å². The lowest BCUT2D eigenvalue weighted by molar-refractivity contribution is -0.119. The Hall–Kier alpha value is -2.02. The zero-order chi connectivity index (χ0) is 18.7. The number of carbonyl (C=O) groups is 1. The molecular formula is C17H16Cl3N5O. The van der Waals surface area contributed by atoms with E-state index in [1.54, 1.807) is 41.3 Å². The van der Waals surface area contributed by atoms with E-state index in [2.05, 4.69) is 15.5 Å². The van der Waals surface area contributed by atoms with Gasteiger partial charge in [0, 0.05) is 34.1 Å². The molecule has 6 nitrogen and oxygen atoms in total. The molecule has 0 aliphatic carbocycles. The average molecular weight is 413 g/mol. The lowest BCUT2D eigenvalue weighted by Gasteiger charge is -2.14. The summed E-state index contributed by atoms with van der Waals surface area (Å²) >= 11 is 18.2. The maximum atomic E-state index is 12.5. The van der Waals surface area contributed by atoms with Crippen molar-refractivity contribution in [1.82, 2.24) is 19.6 Å². The molecule has 1 amide bonds. The molecule has 0 fully saturated rings. The van der Waals surface area contributed by atoms with Gasteiger partial charge in [-0.2, -0.15) is 10.2 Å². The molecule has 0 saturated heterocycles. The molecule has 1 N–H and O–H groups in total. The molecule has 0 spiro atoms. The summed E-state index contributed by atoms with van der Waals surface area (Å²) in [5, 5.41) is 12.9. The Morgan fingerprint density at radius 2 is 1.96 bits per heavy atom. The summed E-state index contributed by atoms with van der Waals surface area (Å²) in [4.78, 5) is 12.5. The molecule has 136 valence electrons. The van der Waals surface area contributed by atoms with Crippen molar-refractivity contribution >= 4 is 46.5 Å². The quantitative estimate of drug-likeness (QED) is 0.639. The second-order valence-corrected chi connectivity index (χ2v) is 6.90. The minimum absolute atomic E-state index is 0.215. The standard InChI is InChI=1S/C17H16Cl3N5O/c1-2-15(25-9-11(18)8-21-25)17(26)22-16-6-7-24(23-16)10-12-13(19)4-3-5-14(12)20/h3-9,15H,2,10H2,1H3,(H,22,23,26). The van der Waals surface area contributed by atoms with Crippen LogP contribution < -0.4 is 5.32 Å². The van der Waals surface area contributed by atoms with E-state index in [4.69, 9.17) is 34.8 Å². The van der Waals surface area contributed by atoms with Gasteiger partial charge in [0.2, 0.25) is 5.91 Å². The van der Waals surface area contributed by atoms with Crippen LogP contribution in [0.3, 0.4) is 0 Å². The van der Waals surface area contributed by atoms with Gasteiger partial charge in [0.05, 0.1) is 17.8 Å². The minimum Gasteiger partial charge on any atom is -0.307 e. The molecular weight excluding hydrogens is 397 g/mol. The van der Waals surface area contributed by atoms with Gasteiger partial charge in [-0.25, -0.2) is 0 Å². The van der Waals surface area contributed by atoms with E-state index in [-0.39, 0.29) is 5.91 Å². The first kappa shape index (κ1) is 18.8. The summed E-state index contributed by atoms with van der Waals surface area (Å²) in [6.45, 7) is 2.30. The Balaban J connectivity index is 1.71. The molecule has 0 saturated carbocycles. The first-order valence-corrected chi connectivity index (χ1v) is 9.08. The number of nitrogens with zero attached hydrogens (tertiary/aromatic N) is 4. The third-order valence-corrected chi connectivity index (χ3v) is 4.76. The van der Waals surface area contributed by atoms with Crippen molar-refractivity contribution in [3.05, 3.63) is 63.5 Å². The summed E-state index contributed by atoms with van der Waals surface area (Å²) in [5.74, 6) is 0.225. The van der Waals surface area contributed by atoms with Gasteiger partial charge in [-0.15, -0.1) is 0 Å². The van der Waals surface area contributed by atoms with Crippen molar-refractivity contribution in [3.8, 4) is 0 Å². The number of benzene rings is 1. The van der Waals surface area contributed by atoms with Gasteiger partial charge in [-0.1, -0.05) is 47.8 Å². The summed E-state index contributed by atoms with van der Waals surface area (Å²) < 4.78 is 3.20. The van der Waals surface area contributed by atoms with E-state index >= 15 is 0 Å². The maximum absolute atomic E-state index is 12.5. The number of halogens is 3. The van der Waals surface area contributed by atoms with Gasteiger partial charge < -0.3 is 5.32 Å². The number of hydrogen-bond donors (Lipinski definition) is 1. The van der Waals surface area contributed by atoms with E-state index in [0.717, 1.165) is 5.56 Å². The van der Waals surface area contributed by atoms with Crippen molar-refractivity contribution in [3.63, 3.8) is 0 Å². The number of anilines is 1. The van der Waals surface area contributed by atoms with E-state index in [1.165, 1.54) is 10.9 Å². The molecule has 1 aromatic carbocycles. The summed E-state index contributed by atoms with van der Waals surface area (Å²) in [6.07, 6.45) is 5.44. The monoisotopic (exact) mass is 411 g/mol. The van der Waals surface area contributed by atoms with E-state index in [9.17, 15) is 4.79 Å². The Labute approximate surface area is 165 Å². The smallest absolute Gasteiger partial charge is 0.250 e. The maximum Gasteiger partial charge on any atom is 0.250 e. The lowest BCUT2D eigenvalue weighted by atomic mass is 10.2. The van der Waals surface area contributed by atoms with Crippen LogP contribution in [-0.2, 0) is 11.3 Å². The fourth-order valence-corrected chi connectivity index (χ4v) is 3.21. The summed E-state index contributed by atoms with van der Waals surface area (Å²) in [6, 6.07) is 6.58. The van der Waals surface area contributed by atoms with Crippen molar-refractivity contribution in [2.45, 2.75) is 25.9 Å². The van der Waals surface area contributed by atoms with Crippen LogP contribution in [0.25, 0.3) is 0 Å². The molecule has 0 bridgehead atoms. The Morgan fingerprint density at radius 3 is 2.58 bits per heavy atom. The molecule has 0 radical (unpaired) electrons. The van der Waals surface area contributed by atoms with Gasteiger partial charge in [-0.3, -0.25) is 14.2 Å². The third-order valence-electron chi connectivity index (χ3n) is 3.85. The van der Waals surface area contributed by atoms with Crippen LogP contribution in [0.4, 0.5) is 5.82 Å². The fraction of sp³-hybridized carbons (Fsp3) is 0.235. The highest BCUT2D eigenvalue weighted by Gasteiger charge is 2.20. The number of aromatic nitrogens is 4. The number of carbonyl (C=O) groups excluding carboxylic acids is 1. The highest BCUT2D eigenvalue weighted by molar-refractivity contribution is 6.36. The lowest BCUT2D eigenvalue weighted by Crippen LogP contribution is -2.26. The Kier molecular flexibility index (Phi) is 5.86. The van der Waals surface area contributed by atoms with E-state index in [0.29, 0.717) is 33.9 Å². The fourth-order valence-electron chi connectivity index (χ4n) is 2.55. The normalized spacial score (nSPS) is 12.2. The molecule has 3 rings (SSSR count). The van der Waals surface area contributed by atoms with Gasteiger partial charge >= 0.3 is 0 Å². The highest BCUT2D eigenvalue weighted by Crippen LogP contribution is 2.25. The predicted molar refractivity (Wildman–Crippen MR) is 103 cm³/mol. The van der Waals surface area contributed by atoms with Crippen LogP contribution in [0.5, 0.6) is 0 Å². The SMILES string of the molecule is CCC(C(=O)Nc1ccn(Cc2c(Cl)cccc2Cl)n1)n1cc(Cl)cn1.